The highest BCUT2D eigenvalue weighted by Gasteiger charge is 2.67. The van der Waals surface area contributed by atoms with Gasteiger partial charge in [-0.1, -0.05) is 13.8 Å². The Kier molecular flexibility index (Phi) is 6.63. The molecule has 6 nitrogen and oxygen atoms in total. The third-order valence-corrected chi connectivity index (χ3v) is 5.54. The molecule has 1 fully saturated rings. The molecule has 0 spiro atoms. The van der Waals surface area contributed by atoms with Crippen molar-refractivity contribution in [3.63, 3.8) is 0 Å². The first kappa shape index (κ1) is 23.5. The lowest BCUT2D eigenvalue weighted by molar-refractivity contribution is -0.336. The molecule has 0 amide bonds. The number of rotatable bonds is 8. The highest BCUT2D eigenvalue weighted by atomic mass is 19.2. The van der Waals surface area contributed by atoms with Crippen LogP contribution in [-0.4, -0.2) is 35.1 Å². The number of ether oxygens (including phenoxy) is 2. The van der Waals surface area contributed by atoms with Crippen molar-refractivity contribution in [2.45, 2.75) is 52.6 Å². The van der Waals surface area contributed by atoms with Crippen LogP contribution >= 0.6 is 0 Å². The Morgan fingerprint density at radius 2 is 1.52 bits per heavy atom. The zero-order valence-electron chi connectivity index (χ0n) is 16.7. The standard InChI is InChI=1S/C19H24F4O6/c1-18(2)10(16(24)19(3,4)29-26)11(18)17(25)28-7-9-14(22)12(20)8(6-27-5)13(21)15(9)23/h10-11,16,24,26H,6-7H2,1-5H3. The maximum Gasteiger partial charge on any atom is 0.310 e. The minimum Gasteiger partial charge on any atom is -0.460 e. The number of benzene rings is 1. The van der Waals surface area contributed by atoms with Gasteiger partial charge in [0.05, 0.1) is 29.8 Å². The Balaban J connectivity index is 2.18. The summed E-state index contributed by atoms with van der Waals surface area (Å²) in [6.45, 7) is 4.41. The smallest absolute Gasteiger partial charge is 0.310 e. The van der Waals surface area contributed by atoms with Crippen LogP contribution in [0.3, 0.4) is 0 Å². The molecule has 3 atom stereocenters. The summed E-state index contributed by atoms with van der Waals surface area (Å²) in [7, 11) is 1.11. The van der Waals surface area contributed by atoms with E-state index in [1.807, 2.05) is 0 Å². The molecule has 0 saturated heterocycles. The summed E-state index contributed by atoms with van der Waals surface area (Å²) in [6, 6.07) is 0. The number of hydrogen-bond donors (Lipinski definition) is 2. The molecule has 0 bridgehead atoms. The van der Waals surface area contributed by atoms with Crippen molar-refractivity contribution in [2.75, 3.05) is 7.11 Å². The fraction of sp³-hybridized carbons (Fsp3) is 0.632. The maximum absolute atomic E-state index is 14.1. The molecule has 1 aromatic rings. The molecule has 2 rings (SSSR count). The number of aliphatic hydroxyl groups excluding tert-OH is 1. The van der Waals surface area contributed by atoms with E-state index in [9.17, 15) is 27.5 Å². The van der Waals surface area contributed by atoms with E-state index in [1.165, 1.54) is 13.8 Å². The molecule has 164 valence electrons. The average molecular weight is 424 g/mol. The average Bonchev–Trinajstić information content (AvgIpc) is 3.24. The minimum absolute atomic E-state index is 0.676. The summed E-state index contributed by atoms with van der Waals surface area (Å²) in [5.74, 6) is -9.06. The minimum atomic E-state index is -1.68. The van der Waals surface area contributed by atoms with Crippen LogP contribution in [0.5, 0.6) is 0 Å². The molecule has 0 radical (unpaired) electrons. The lowest BCUT2D eigenvalue weighted by Gasteiger charge is -2.27. The Morgan fingerprint density at radius 1 is 1.07 bits per heavy atom. The van der Waals surface area contributed by atoms with Gasteiger partial charge in [-0.3, -0.25) is 10.1 Å². The summed E-state index contributed by atoms with van der Waals surface area (Å²) in [5, 5.41) is 19.3. The quantitative estimate of drug-likeness (QED) is 0.219. The van der Waals surface area contributed by atoms with Crippen LogP contribution in [0.2, 0.25) is 0 Å². The largest absolute Gasteiger partial charge is 0.460 e. The van der Waals surface area contributed by atoms with Crippen LogP contribution in [-0.2, 0) is 32.4 Å². The molecule has 0 aliphatic heterocycles. The van der Waals surface area contributed by atoms with E-state index in [-0.39, 0.29) is 0 Å². The number of carbonyl (C=O) groups is 1. The molecule has 1 aliphatic carbocycles. The predicted molar refractivity (Wildman–Crippen MR) is 91.3 cm³/mol. The van der Waals surface area contributed by atoms with Crippen molar-refractivity contribution < 1.29 is 47.1 Å². The Morgan fingerprint density at radius 3 is 1.93 bits per heavy atom. The fourth-order valence-electron chi connectivity index (χ4n) is 3.56. The topological polar surface area (TPSA) is 85.2 Å². The van der Waals surface area contributed by atoms with E-state index in [1.54, 1.807) is 13.8 Å². The molecule has 1 aromatic carbocycles. The van der Waals surface area contributed by atoms with Crippen molar-refractivity contribution in [1.82, 2.24) is 0 Å². The first-order valence-electron chi connectivity index (χ1n) is 8.82. The molecule has 0 aromatic heterocycles. The van der Waals surface area contributed by atoms with Gasteiger partial charge in [-0.15, -0.1) is 0 Å². The van der Waals surface area contributed by atoms with Crippen molar-refractivity contribution in [3.8, 4) is 0 Å². The summed E-state index contributed by atoms with van der Waals surface area (Å²) in [4.78, 5) is 16.6. The molecule has 29 heavy (non-hydrogen) atoms. The molecular weight excluding hydrogens is 400 g/mol. The second kappa shape index (κ2) is 8.17. The van der Waals surface area contributed by atoms with Crippen LogP contribution < -0.4 is 0 Å². The van der Waals surface area contributed by atoms with E-state index in [4.69, 9.17) is 9.99 Å². The second-order valence-electron chi connectivity index (χ2n) is 8.22. The molecule has 1 aliphatic rings. The van der Waals surface area contributed by atoms with Crippen molar-refractivity contribution in [2.24, 2.45) is 17.3 Å². The molecule has 2 N–H and O–H groups in total. The van der Waals surface area contributed by atoms with E-state index in [0.717, 1.165) is 7.11 Å². The van der Waals surface area contributed by atoms with Gasteiger partial charge in [0.25, 0.3) is 0 Å². The number of aliphatic hydroxyl groups is 1. The maximum atomic E-state index is 14.1. The van der Waals surface area contributed by atoms with E-state index in [2.05, 4.69) is 9.62 Å². The van der Waals surface area contributed by atoms with Gasteiger partial charge < -0.3 is 14.6 Å². The lowest BCUT2D eigenvalue weighted by Crippen LogP contribution is -2.41. The van der Waals surface area contributed by atoms with E-state index >= 15 is 0 Å². The van der Waals surface area contributed by atoms with Gasteiger partial charge in [0.2, 0.25) is 0 Å². The van der Waals surface area contributed by atoms with Crippen LogP contribution in [0.25, 0.3) is 0 Å². The lowest BCUT2D eigenvalue weighted by atomic mass is 9.93. The molecule has 3 unspecified atom stereocenters. The SMILES string of the molecule is COCc1c(F)c(F)c(COC(=O)C2C(C(O)C(C)(C)OO)C2(C)C)c(F)c1F. The van der Waals surface area contributed by atoms with Crippen LogP contribution in [0.4, 0.5) is 17.6 Å². The fourth-order valence-corrected chi connectivity index (χ4v) is 3.56. The summed E-state index contributed by atoms with van der Waals surface area (Å²) in [6.07, 6.45) is -1.25. The zero-order chi connectivity index (χ0) is 22.3. The van der Waals surface area contributed by atoms with Gasteiger partial charge in [0.15, 0.2) is 23.3 Å². The molecular formula is C19H24F4O6. The van der Waals surface area contributed by atoms with E-state index < -0.39 is 82.5 Å². The second-order valence-corrected chi connectivity index (χ2v) is 8.22. The highest BCUT2D eigenvalue weighted by molar-refractivity contribution is 5.78. The van der Waals surface area contributed by atoms with Crippen molar-refractivity contribution in [3.05, 3.63) is 34.4 Å². The van der Waals surface area contributed by atoms with Gasteiger partial charge in [-0.05, 0) is 19.3 Å². The van der Waals surface area contributed by atoms with E-state index in [0.29, 0.717) is 0 Å². The summed E-state index contributed by atoms with van der Waals surface area (Å²) < 4.78 is 65.6. The predicted octanol–water partition coefficient (Wildman–Crippen LogP) is 3.33. The van der Waals surface area contributed by atoms with Crippen molar-refractivity contribution >= 4 is 5.97 Å². The Bertz CT molecular complexity index is 766. The molecule has 0 heterocycles. The highest BCUT2D eigenvalue weighted by Crippen LogP contribution is 2.62. The van der Waals surface area contributed by atoms with Gasteiger partial charge in [-0.2, -0.15) is 0 Å². The normalized spacial score (nSPS) is 21.8. The first-order chi connectivity index (χ1) is 13.3. The summed E-state index contributed by atoms with van der Waals surface area (Å²) in [5.41, 5.74) is -4.11. The number of halogens is 4. The van der Waals surface area contributed by atoms with Gasteiger partial charge in [0, 0.05) is 13.0 Å². The van der Waals surface area contributed by atoms with Gasteiger partial charge >= 0.3 is 5.97 Å². The molecule has 1 saturated carbocycles. The first-order valence-corrected chi connectivity index (χ1v) is 8.82. The van der Waals surface area contributed by atoms with Crippen molar-refractivity contribution in [1.29, 1.82) is 0 Å². The Labute approximate surface area is 165 Å². The third kappa shape index (κ3) is 4.11. The number of carbonyl (C=O) groups excluding carboxylic acids is 1. The number of esters is 1. The summed E-state index contributed by atoms with van der Waals surface area (Å²) >= 11 is 0. The van der Waals surface area contributed by atoms with Gasteiger partial charge in [-0.25, -0.2) is 22.4 Å². The number of methoxy groups -OCH3 is 1. The van der Waals surface area contributed by atoms with Crippen LogP contribution in [0.15, 0.2) is 0 Å². The number of hydrogen-bond acceptors (Lipinski definition) is 6. The molecule has 10 heteroatoms. The third-order valence-electron chi connectivity index (χ3n) is 5.54. The van der Waals surface area contributed by atoms with Gasteiger partial charge in [0.1, 0.15) is 12.2 Å². The van der Waals surface area contributed by atoms with Crippen LogP contribution in [0, 0.1) is 40.5 Å². The monoisotopic (exact) mass is 424 g/mol. The van der Waals surface area contributed by atoms with Crippen LogP contribution in [0.1, 0.15) is 38.8 Å². The zero-order valence-corrected chi connectivity index (χ0v) is 16.7. The Hall–Kier alpha value is -1.75.